The van der Waals surface area contributed by atoms with Crippen molar-refractivity contribution in [2.45, 2.75) is 0 Å². The number of aromatic amines is 1. The standard InChI is InChI=1S/C15H14N2O4/c1-19-12-6-10(7-13(20-2)14(12)21-3)11-5-4-9(8-16)15(18)17-11/h4-7H,1-3H3,(H,17,18). The summed E-state index contributed by atoms with van der Waals surface area (Å²) < 4.78 is 15.8. The van der Waals surface area contributed by atoms with E-state index < -0.39 is 5.56 Å². The summed E-state index contributed by atoms with van der Waals surface area (Å²) in [5.74, 6) is 1.44. The Bertz CT molecular complexity index is 734. The van der Waals surface area contributed by atoms with Gasteiger partial charge >= 0.3 is 0 Å². The molecule has 0 amide bonds. The first-order chi connectivity index (χ1) is 10.1. The van der Waals surface area contributed by atoms with Crippen LogP contribution in [0.25, 0.3) is 11.3 Å². The van der Waals surface area contributed by atoms with Crippen molar-refractivity contribution in [2.24, 2.45) is 0 Å². The van der Waals surface area contributed by atoms with Gasteiger partial charge in [-0.3, -0.25) is 4.79 Å². The van der Waals surface area contributed by atoms with Gasteiger partial charge in [0, 0.05) is 11.3 Å². The van der Waals surface area contributed by atoms with Gasteiger partial charge in [-0.1, -0.05) is 0 Å². The van der Waals surface area contributed by atoms with Crippen molar-refractivity contribution in [3.05, 3.63) is 40.2 Å². The minimum Gasteiger partial charge on any atom is -0.493 e. The van der Waals surface area contributed by atoms with Crippen molar-refractivity contribution >= 4 is 0 Å². The highest BCUT2D eigenvalue weighted by Gasteiger charge is 2.14. The van der Waals surface area contributed by atoms with Crippen LogP contribution in [0.1, 0.15) is 5.56 Å². The van der Waals surface area contributed by atoms with Gasteiger partial charge in [0.2, 0.25) is 5.75 Å². The molecule has 6 heteroatoms. The summed E-state index contributed by atoms with van der Waals surface area (Å²) >= 11 is 0. The molecule has 0 radical (unpaired) electrons. The summed E-state index contributed by atoms with van der Waals surface area (Å²) in [5, 5.41) is 8.79. The lowest BCUT2D eigenvalue weighted by Gasteiger charge is -2.14. The largest absolute Gasteiger partial charge is 0.493 e. The SMILES string of the molecule is COc1cc(-c2ccc(C#N)c(=O)[nH]2)cc(OC)c1OC. The monoisotopic (exact) mass is 286 g/mol. The first-order valence-corrected chi connectivity index (χ1v) is 6.08. The number of rotatable bonds is 4. The predicted octanol–water partition coefficient (Wildman–Crippen LogP) is 1.94. The van der Waals surface area contributed by atoms with E-state index in [0.717, 1.165) is 0 Å². The van der Waals surface area contributed by atoms with E-state index >= 15 is 0 Å². The topological polar surface area (TPSA) is 84.3 Å². The van der Waals surface area contributed by atoms with E-state index in [1.54, 1.807) is 18.2 Å². The third kappa shape index (κ3) is 2.67. The zero-order valence-corrected chi connectivity index (χ0v) is 11.9. The molecule has 0 saturated heterocycles. The number of nitriles is 1. The smallest absolute Gasteiger partial charge is 0.266 e. The van der Waals surface area contributed by atoms with Gasteiger partial charge in [0.15, 0.2) is 11.5 Å². The summed E-state index contributed by atoms with van der Waals surface area (Å²) in [4.78, 5) is 14.4. The van der Waals surface area contributed by atoms with Crippen LogP contribution in [0.5, 0.6) is 17.2 Å². The molecule has 0 aliphatic carbocycles. The van der Waals surface area contributed by atoms with Gasteiger partial charge in [-0.25, -0.2) is 0 Å². The van der Waals surface area contributed by atoms with Crippen molar-refractivity contribution < 1.29 is 14.2 Å². The summed E-state index contributed by atoms with van der Waals surface area (Å²) in [6, 6.07) is 8.39. The van der Waals surface area contributed by atoms with Crippen LogP contribution in [0, 0.1) is 11.3 Å². The zero-order chi connectivity index (χ0) is 15.4. The zero-order valence-electron chi connectivity index (χ0n) is 11.9. The Balaban J connectivity index is 2.62. The number of hydrogen-bond donors (Lipinski definition) is 1. The van der Waals surface area contributed by atoms with E-state index in [1.165, 1.54) is 27.4 Å². The maximum atomic E-state index is 11.7. The molecule has 0 aliphatic heterocycles. The van der Waals surface area contributed by atoms with Crippen LogP contribution in [-0.4, -0.2) is 26.3 Å². The second-order valence-corrected chi connectivity index (χ2v) is 4.14. The second kappa shape index (κ2) is 6.01. The van der Waals surface area contributed by atoms with Crippen LogP contribution in [0.4, 0.5) is 0 Å². The van der Waals surface area contributed by atoms with Crippen LogP contribution in [-0.2, 0) is 0 Å². The van der Waals surface area contributed by atoms with Gasteiger partial charge in [-0.2, -0.15) is 5.26 Å². The lowest BCUT2D eigenvalue weighted by Crippen LogP contribution is -2.10. The van der Waals surface area contributed by atoms with Gasteiger partial charge in [0.1, 0.15) is 11.6 Å². The molecule has 0 atom stereocenters. The third-order valence-electron chi connectivity index (χ3n) is 3.01. The number of benzene rings is 1. The van der Waals surface area contributed by atoms with Gasteiger partial charge in [-0.05, 0) is 24.3 Å². The first-order valence-electron chi connectivity index (χ1n) is 6.08. The summed E-state index contributed by atoms with van der Waals surface area (Å²) in [6.45, 7) is 0. The number of H-pyrrole nitrogens is 1. The molecule has 21 heavy (non-hydrogen) atoms. The molecule has 2 aromatic rings. The molecular formula is C15H14N2O4. The Kier molecular flexibility index (Phi) is 4.14. The molecule has 0 bridgehead atoms. The number of nitrogens with one attached hydrogen (secondary N) is 1. The first kappa shape index (κ1) is 14.5. The van der Waals surface area contributed by atoms with E-state index in [-0.39, 0.29) is 5.56 Å². The van der Waals surface area contributed by atoms with Gasteiger partial charge in [0.05, 0.1) is 21.3 Å². The van der Waals surface area contributed by atoms with Crippen LogP contribution in [0.3, 0.4) is 0 Å². The molecule has 1 aromatic heterocycles. The lowest BCUT2D eigenvalue weighted by atomic mass is 10.1. The van der Waals surface area contributed by atoms with Gasteiger partial charge in [0.25, 0.3) is 5.56 Å². The van der Waals surface area contributed by atoms with Crippen molar-refractivity contribution in [1.29, 1.82) is 5.26 Å². The molecule has 0 fully saturated rings. The van der Waals surface area contributed by atoms with E-state index in [9.17, 15) is 4.79 Å². The number of hydrogen-bond acceptors (Lipinski definition) is 5. The molecule has 1 heterocycles. The molecule has 0 aliphatic rings. The van der Waals surface area contributed by atoms with Gasteiger partial charge < -0.3 is 19.2 Å². The highest BCUT2D eigenvalue weighted by molar-refractivity contribution is 5.68. The van der Waals surface area contributed by atoms with E-state index in [0.29, 0.717) is 28.5 Å². The van der Waals surface area contributed by atoms with E-state index in [1.807, 2.05) is 6.07 Å². The highest BCUT2D eigenvalue weighted by Crippen LogP contribution is 2.40. The molecule has 108 valence electrons. The summed E-state index contributed by atoms with van der Waals surface area (Å²) in [6.07, 6.45) is 0. The Morgan fingerprint density at radius 3 is 2.10 bits per heavy atom. The normalized spacial score (nSPS) is 9.81. The molecule has 0 unspecified atom stereocenters. The predicted molar refractivity (Wildman–Crippen MR) is 76.9 cm³/mol. The van der Waals surface area contributed by atoms with Gasteiger partial charge in [-0.15, -0.1) is 0 Å². The maximum absolute atomic E-state index is 11.7. The molecule has 0 saturated carbocycles. The van der Waals surface area contributed by atoms with Crippen LogP contribution in [0.15, 0.2) is 29.1 Å². The Hall–Kier alpha value is -2.94. The average molecular weight is 286 g/mol. The van der Waals surface area contributed by atoms with E-state index in [4.69, 9.17) is 19.5 Å². The second-order valence-electron chi connectivity index (χ2n) is 4.14. The van der Waals surface area contributed by atoms with Crippen molar-refractivity contribution in [3.63, 3.8) is 0 Å². The van der Waals surface area contributed by atoms with Crippen molar-refractivity contribution in [3.8, 4) is 34.6 Å². The number of aromatic nitrogens is 1. The minimum absolute atomic E-state index is 0.0613. The average Bonchev–Trinajstić information content (AvgIpc) is 2.53. The minimum atomic E-state index is -0.441. The number of pyridine rings is 1. The molecule has 2 rings (SSSR count). The third-order valence-corrected chi connectivity index (χ3v) is 3.01. The quantitative estimate of drug-likeness (QED) is 0.928. The molecule has 0 spiro atoms. The van der Waals surface area contributed by atoms with E-state index in [2.05, 4.69) is 4.98 Å². The molecule has 1 N–H and O–H groups in total. The maximum Gasteiger partial charge on any atom is 0.266 e. The molecule has 1 aromatic carbocycles. The Morgan fingerprint density at radius 1 is 1.05 bits per heavy atom. The van der Waals surface area contributed by atoms with Crippen molar-refractivity contribution in [2.75, 3.05) is 21.3 Å². The number of ether oxygens (including phenoxy) is 3. The fourth-order valence-corrected chi connectivity index (χ4v) is 1.97. The summed E-state index contributed by atoms with van der Waals surface area (Å²) in [5.41, 5.74) is 0.860. The number of nitrogens with zero attached hydrogens (tertiary/aromatic N) is 1. The van der Waals surface area contributed by atoms with Crippen LogP contribution < -0.4 is 19.8 Å². The lowest BCUT2D eigenvalue weighted by molar-refractivity contribution is 0.324. The van der Waals surface area contributed by atoms with Crippen LogP contribution in [0.2, 0.25) is 0 Å². The highest BCUT2D eigenvalue weighted by atomic mass is 16.5. The Labute approximate surface area is 121 Å². The van der Waals surface area contributed by atoms with Crippen molar-refractivity contribution in [1.82, 2.24) is 4.98 Å². The molecular weight excluding hydrogens is 272 g/mol. The fourth-order valence-electron chi connectivity index (χ4n) is 1.97. The summed E-state index contributed by atoms with van der Waals surface area (Å²) in [7, 11) is 4.55. The van der Waals surface area contributed by atoms with Crippen LogP contribution >= 0.6 is 0 Å². The molecule has 6 nitrogen and oxygen atoms in total. The number of methoxy groups -OCH3 is 3. The Morgan fingerprint density at radius 2 is 1.67 bits per heavy atom. The fraction of sp³-hybridized carbons (Fsp3) is 0.200.